The minimum absolute atomic E-state index is 0.605. The standard InChI is InChI=1S/C41H82N2/c1-5-7-9-11-13-15-17-19-21-22-23-25-27-29-31-33-35-37-42-38-39-43(40(3)4)41(42)36-34-32-30-28-26-24-20-18-16-14-12-10-8-6-2/h38-41H,5-37H2,1-4H3. The SMILES string of the molecule is CCCCCCCCCCCCCCCCCCCN1C=CN(C(C)C)C1CCCCCCCCCCCCCCCC. The van der Waals surface area contributed by atoms with Gasteiger partial charge in [0.1, 0.15) is 6.17 Å². The second-order valence-corrected chi connectivity index (χ2v) is 14.6. The first-order chi connectivity index (χ1) is 21.2. The Balaban J connectivity index is 1.96. The fourth-order valence-electron chi connectivity index (χ4n) is 7.13. The number of hydrogen-bond donors (Lipinski definition) is 0. The van der Waals surface area contributed by atoms with E-state index in [1.807, 2.05) is 0 Å². The molecule has 0 fully saturated rings. The lowest BCUT2D eigenvalue weighted by molar-refractivity contribution is 0.114. The van der Waals surface area contributed by atoms with Crippen molar-refractivity contribution in [3.05, 3.63) is 12.4 Å². The van der Waals surface area contributed by atoms with Crippen molar-refractivity contribution in [3.8, 4) is 0 Å². The Morgan fingerprint density at radius 2 is 0.698 bits per heavy atom. The average molecular weight is 603 g/mol. The predicted octanol–water partition coefficient (Wildman–Crippen LogP) is 14.3. The van der Waals surface area contributed by atoms with Crippen LogP contribution >= 0.6 is 0 Å². The first-order valence-corrected chi connectivity index (χ1v) is 20.4. The minimum atomic E-state index is 0.605. The van der Waals surface area contributed by atoms with Gasteiger partial charge in [-0.1, -0.05) is 200 Å². The zero-order valence-corrected chi connectivity index (χ0v) is 30.5. The molecular weight excluding hydrogens is 520 g/mol. The van der Waals surface area contributed by atoms with Gasteiger partial charge in [-0.3, -0.25) is 0 Å². The van der Waals surface area contributed by atoms with Crippen LogP contribution in [0.2, 0.25) is 0 Å². The van der Waals surface area contributed by atoms with Gasteiger partial charge in [-0.25, -0.2) is 0 Å². The van der Waals surface area contributed by atoms with Crippen molar-refractivity contribution in [1.29, 1.82) is 0 Å². The maximum Gasteiger partial charge on any atom is 0.101 e. The maximum absolute atomic E-state index is 2.67. The number of nitrogens with zero attached hydrogens (tertiary/aromatic N) is 2. The molecule has 2 nitrogen and oxygen atoms in total. The van der Waals surface area contributed by atoms with Crippen LogP contribution in [0.1, 0.15) is 233 Å². The van der Waals surface area contributed by atoms with E-state index in [0.29, 0.717) is 12.2 Å². The van der Waals surface area contributed by atoms with Crippen LogP contribution in [0.5, 0.6) is 0 Å². The molecule has 43 heavy (non-hydrogen) atoms. The molecule has 0 aromatic rings. The van der Waals surface area contributed by atoms with Gasteiger partial charge in [0.05, 0.1) is 0 Å². The molecule has 1 unspecified atom stereocenters. The summed E-state index contributed by atoms with van der Waals surface area (Å²) in [6.45, 7) is 10.6. The van der Waals surface area contributed by atoms with Gasteiger partial charge in [-0.2, -0.15) is 0 Å². The zero-order chi connectivity index (χ0) is 31.1. The van der Waals surface area contributed by atoms with Crippen LogP contribution in [0.25, 0.3) is 0 Å². The quantitative estimate of drug-likeness (QED) is 0.0676. The Morgan fingerprint density at radius 1 is 0.395 bits per heavy atom. The summed E-state index contributed by atoms with van der Waals surface area (Å²) >= 11 is 0. The van der Waals surface area contributed by atoms with Crippen LogP contribution < -0.4 is 0 Å². The lowest BCUT2D eigenvalue weighted by Gasteiger charge is -2.35. The Kier molecular flexibility index (Phi) is 29.4. The second-order valence-electron chi connectivity index (χ2n) is 14.6. The summed E-state index contributed by atoms with van der Waals surface area (Å²) in [5.74, 6) is 0. The number of unbranched alkanes of at least 4 members (excludes halogenated alkanes) is 29. The van der Waals surface area contributed by atoms with Gasteiger partial charge < -0.3 is 9.80 Å². The van der Waals surface area contributed by atoms with Crippen molar-refractivity contribution in [3.63, 3.8) is 0 Å². The van der Waals surface area contributed by atoms with Crippen LogP contribution in [0.15, 0.2) is 12.4 Å². The highest BCUT2D eigenvalue weighted by atomic mass is 15.4. The molecule has 0 amide bonds. The van der Waals surface area contributed by atoms with Crippen LogP contribution in [0, 0.1) is 0 Å². The molecule has 1 atom stereocenters. The Morgan fingerprint density at radius 3 is 1.02 bits per heavy atom. The van der Waals surface area contributed by atoms with E-state index in [4.69, 9.17) is 0 Å². The van der Waals surface area contributed by atoms with E-state index in [2.05, 4.69) is 49.9 Å². The summed E-state index contributed by atoms with van der Waals surface area (Å²) in [6.07, 6.45) is 51.7. The van der Waals surface area contributed by atoms with Gasteiger partial charge in [0.2, 0.25) is 0 Å². The molecular formula is C41H82N2. The van der Waals surface area contributed by atoms with E-state index < -0.39 is 0 Å². The largest absolute Gasteiger partial charge is 0.356 e. The van der Waals surface area contributed by atoms with Gasteiger partial charge in [0, 0.05) is 25.0 Å². The first kappa shape index (κ1) is 40.4. The molecule has 0 saturated carbocycles. The molecule has 0 saturated heterocycles. The molecule has 1 rings (SSSR count). The van der Waals surface area contributed by atoms with Crippen molar-refractivity contribution in [1.82, 2.24) is 9.80 Å². The molecule has 0 spiro atoms. The maximum atomic E-state index is 2.67. The smallest absolute Gasteiger partial charge is 0.101 e. The highest BCUT2D eigenvalue weighted by Gasteiger charge is 2.26. The van der Waals surface area contributed by atoms with E-state index >= 15 is 0 Å². The fraction of sp³-hybridized carbons (Fsp3) is 0.951. The van der Waals surface area contributed by atoms with Gasteiger partial charge >= 0.3 is 0 Å². The topological polar surface area (TPSA) is 6.48 Å². The highest BCUT2D eigenvalue weighted by molar-refractivity contribution is 4.98. The molecule has 0 aromatic carbocycles. The molecule has 0 N–H and O–H groups in total. The molecule has 0 aromatic heterocycles. The summed E-state index contributed by atoms with van der Waals surface area (Å²) < 4.78 is 0. The van der Waals surface area contributed by atoms with Crippen LogP contribution in [0.3, 0.4) is 0 Å². The van der Waals surface area contributed by atoms with Crippen molar-refractivity contribution in [2.45, 2.75) is 245 Å². The third kappa shape index (κ3) is 24.3. The highest BCUT2D eigenvalue weighted by Crippen LogP contribution is 2.25. The summed E-state index contributed by atoms with van der Waals surface area (Å²) in [5, 5.41) is 0. The lowest BCUT2D eigenvalue weighted by atomic mass is 10.0. The van der Waals surface area contributed by atoms with Crippen molar-refractivity contribution in [2.75, 3.05) is 6.54 Å². The van der Waals surface area contributed by atoms with Crippen LogP contribution in [-0.4, -0.2) is 28.6 Å². The van der Waals surface area contributed by atoms with E-state index in [0.717, 1.165) is 0 Å². The fourth-order valence-corrected chi connectivity index (χ4v) is 7.13. The normalized spacial score (nSPS) is 15.0. The Hall–Kier alpha value is -0.660. The van der Waals surface area contributed by atoms with Crippen LogP contribution in [0.4, 0.5) is 0 Å². The summed E-state index contributed by atoms with van der Waals surface area (Å²) in [5.41, 5.74) is 0. The van der Waals surface area contributed by atoms with E-state index in [-0.39, 0.29) is 0 Å². The number of rotatable bonds is 34. The second kappa shape index (κ2) is 31.3. The summed E-state index contributed by atoms with van der Waals surface area (Å²) in [7, 11) is 0. The van der Waals surface area contributed by atoms with E-state index in [1.54, 1.807) is 0 Å². The Labute approximate surface area is 273 Å². The molecule has 2 heteroatoms. The zero-order valence-electron chi connectivity index (χ0n) is 30.5. The summed E-state index contributed by atoms with van der Waals surface area (Å²) in [6, 6.07) is 0.605. The van der Waals surface area contributed by atoms with Gasteiger partial charge in [-0.05, 0) is 33.1 Å². The third-order valence-corrected chi connectivity index (χ3v) is 10.1. The van der Waals surface area contributed by atoms with E-state index in [1.165, 1.54) is 212 Å². The first-order valence-electron chi connectivity index (χ1n) is 20.4. The molecule has 1 aliphatic heterocycles. The predicted molar refractivity (Wildman–Crippen MR) is 196 cm³/mol. The minimum Gasteiger partial charge on any atom is -0.356 e. The van der Waals surface area contributed by atoms with Crippen molar-refractivity contribution >= 4 is 0 Å². The van der Waals surface area contributed by atoms with Crippen molar-refractivity contribution < 1.29 is 0 Å². The molecule has 256 valence electrons. The van der Waals surface area contributed by atoms with Gasteiger partial charge in [-0.15, -0.1) is 0 Å². The monoisotopic (exact) mass is 603 g/mol. The lowest BCUT2D eigenvalue weighted by Crippen LogP contribution is -2.42. The number of hydrogen-bond acceptors (Lipinski definition) is 2. The Bertz CT molecular complexity index is 570. The molecule has 0 aliphatic carbocycles. The molecule has 1 aliphatic rings. The average Bonchev–Trinajstić information content (AvgIpc) is 3.41. The molecule has 1 heterocycles. The van der Waals surface area contributed by atoms with Gasteiger partial charge in [0.15, 0.2) is 0 Å². The van der Waals surface area contributed by atoms with Crippen LogP contribution in [-0.2, 0) is 0 Å². The van der Waals surface area contributed by atoms with Gasteiger partial charge in [0.25, 0.3) is 0 Å². The summed E-state index contributed by atoms with van der Waals surface area (Å²) in [4.78, 5) is 5.29. The molecule has 0 bridgehead atoms. The molecule has 0 radical (unpaired) electrons. The third-order valence-electron chi connectivity index (χ3n) is 10.1. The van der Waals surface area contributed by atoms with Crippen molar-refractivity contribution in [2.24, 2.45) is 0 Å². The van der Waals surface area contributed by atoms with E-state index in [9.17, 15) is 0 Å².